The van der Waals surface area contributed by atoms with Gasteiger partial charge in [-0.1, -0.05) is 12.1 Å². The molecule has 2 atom stereocenters. The van der Waals surface area contributed by atoms with E-state index in [9.17, 15) is 27.9 Å². The number of rotatable bonds is 5. The number of carboxylic acids is 1. The predicted molar refractivity (Wildman–Crippen MR) is 133 cm³/mol. The highest BCUT2D eigenvalue weighted by Gasteiger charge is 2.62. The van der Waals surface area contributed by atoms with Gasteiger partial charge in [-0.3, -0.25) is 4.79 Å². The lowest BCUT2D eigenvalue weighted by molar-refractivity contribution is -0.167. The second kappa shape index (κ2) is 8.58. The molecule has 4 saturated carbocycles. The lowest BCUT2D eigenvalue weighted by atomic mass is 9.44. The van der Waals surface area contributed by atoms with E-state index in [4.69, 9.17) is 4.98 Å². The summed E-state index contributed by atoms with van der Waals surface area (Å²) in [5, 5.41) is 15.7. The summed E-state index contributed by atoms with van der Waals surface area (Å²) in [5.41, 5.74) is 0.0732. The summed E-state index contributed by atoms with van der Waals surface area (Å²) in [6.45, 7) is 0. The summed E-state index contributed by atoms with van der Waals surface area (Å²) < 4.78 is 40.3. The fourth-order valence-corrected chi connectivity index (χ4v) is 8.17. The molecule has 0 radical (unpaired) electrons. The fourth-order valence-electron chi connectivity index (χ4n) is 7.04. The van der Waals surface area contributed by atoms with Gasteiger partial charge in [-0.25, -0.2) is 22.9 Å². The van der Waals surface area contributed by atoms with Gasteiger partial charge in [0.15, 0.2) is 17.5 Å². The van der Waals surface area contributed by atoms with E-state index in [1.807, 2.05) is 18.3 Å². The molecule has 37 heavy (non-hydrogen) atoms. The first-order valence-corrected chi connectivity index (χ1v) is 13.0. The van der Waals surface area contributed by atoms with Crippen molar-refractivity contribution in [2.75, 3.05) is 10.6 Å². The van der Waals surface area contributed by atoms with Crippen LogP contribution in [-0.4, -0.2) is 22.1 Å². The van der Waals surface area contributed by atoms with Gasteiger partial charge in [0.1, 0.15) is 0 Å². The molecule has 3 aromatic rings. The van der Waals surface area contributed by atoms with Crippen LogP contribution in [0.2, 0.25) is 0 Å². The van der Waals surface area contributed by atoms with E-state index in [0.29, 0.717) is 23.9 Å². The van der Waals surface area contributed by atoms with Crippen LogP contribution in [0.25, 0.3) is 10.4 Å². The van der Waals surface area contributed by atoms with Crippen LogP contribution in [0, 0.1) is 34.7 Å². The molecule has 0 saturated heterocycles. The molecule has 1 heterocycles. The van der Waals surface area contributed by atoms with Crippen molar-refractivity contribution in [2.24, 2.45) is 17.3 Å². The van der Waals surface area contributed by atoms with E-state index in [0.717, 1.165) is 59.7 Å². The molecule has 4 bridgehead atoms. The zero-order valence-electron chi connectivity index (χ0n) is 19.7. The molecule has 0 aliphatic heterocycles. The Morgan fingerprint density at radius 2 is 1.65 bits per heavy atom. The first-order chi connectivity index (χ1) is 17.7. The van der Waals surface area contributed by atoms with Crippen molar-refractivity contribution in [1.29, 1.82) is 0 Å². The van der Waals surface area contributed by atoms with Crippen LogP contribution in [0.15, 0.2) is 42.6 Å². The summed E-state index contributed by atoms with van der Waals surface area (Å²) in [4.78, 5) is 30.1. The second-order valence-electron chi connectivity index (χ2n) is 10.7. The molecule has 1 aromatic heterocycles. The molecule has 6 nitrogen and oxygen atoms in total. The molecule has 4 fully saturated rings. The number of anilines is 2. The SMILES string of the molecule is O=C(Nc1ccc(-c2cnc(C34CC5CC(CC(C(=O)O)(C5)C3)C4)s2)cc1)Nc1ccc(F)c(F)c1F. The van der Waals surface area contributed by atoms with Gasteiger partial charge in [0.25, 0.3) is 0 Å². The van der Waals surface area contributed by atoms with Gasteiger partial charge in [-0.15, -0.1) is 11.3 Å². The monoisotopic (exact) mass is 527 g/mol. The lowest BCUT2D eigenvalue weighted by Crippen LogP contribution is -2.56. The zero-order valence-corrected chi connectivity index (χ0v) is 20.5. The van der Waals surface area contributed by atoms with E-state index in [2.05, 4.69) is 10.6 Å². The number of nitrogens with zero attached hydrogens (tertiary/aromatic N) is 1. The molecular formula is C27H24F3N3O3S. The first kappa shape index (κ1) is 24.0. The normalized spacial score (nSPS) is 27.8. The van der Waals surface area contributed by atoms with Gasteiger partial charge < -0.3 is 15.7 Å². The number of carbonyl (C=O) groups excluding carboxylic acids is 1. The van der Waals surface area contributed by atoms with E-state index in [1.165, 1.54) is 0 Å². The third kappa shape index (κ3) is 4.07. The number of hydrogen-bond acceptors (Lipinski definition) is 4. The van der Waals surface area contributed by atoms with Crippen LogP contribution in [-0.2, 0) is 10.2 Å². The molecule has 2 unspecified atom stereocenters. The minimum absolute atomic E-state index is 0.167. The second-order valence-corrected chi connectivity index (χ2v) is 11.8. The number of thiazole rings is 1. The largest absolute Gasteiger partial charge is 0.481 e. The Hall–Kier alpha value is -3.40. The third-order valence-corrected chi connectivity index (χ3v) is 9.48. The molecule has 2 aromatic carbocycles. The molecule has 3 N–H and O–H groups in total. The first-order valence-electron chi connectivity index (χ1n) is 12.2. The maximum Gasteiger partial charge on any atom is 0.323 e. The van der Waals surface area contributed by atoms with E-state index in [1.54, 1.807) is 23.5 Å². The van der Waals surface area contributed by atoms with E-state index in [-0.39, 0.29) is 5.41 Å². The standard InChI is InChI=1S/C27H24F3N3O3S/c28-18-5-6-19(22(30)21(18)29)33-25(36)32-17-3-1-16(2-4-17)20-12-31-23(37-20)26-8-14-7-15(9-26)11-27(10-14,13-26)24(34)35/h1-6,12,14-15H,7-11,13H2,(H,34,35)(H2,32,33,36). The molecular weight excluding hydrogens is 503 g/mol. The Labute approximate surface area is 214 Å². The van der Waals surface area contributed by atoms with Crippen LogP contribution in [0.4, 0.5) is 29.3 Å². The summed E-state index contributed by atoms with van der Waals surface area (Å²) in [7, 11) is 0. The van der Waals surface area contributed by atoms with Gasteiger partial charge >= 0.3 is 12.0 Å². The van der Waals surface area contributed by atoms with Gasteiger partial charge in [-0.05, 0) is 80.2 Å². The molecule has 10 heteroatoms. The minimum atomic E-state index is -1.65. The smallest absolute Gasteiger partial charge is 0.323 e. The number of amides is 2. The quantitative estimate of drug-likeness (QED) is 0.319. The maximum absolute atomic E-state index is 13.8. The number of aromatic nitrogens is 1. The minimum Gasteiger partial charge on any atom is -0.481 e. The van der Waals surface area contributed by atoms with Crippen LogP contribution >= 0.6 is 11.3 Å². The predicted octanol–water partition coefficient (Wildman–Crippen LogP) is 6.79. The lowest BCUT2D eigenvalue weighted by Gasteiger charge is -2.59. The number of urea groups is 1. The third-order valence-electron chi connectivity index (χ3n) is 8.18. The van der Waals surface area contributed by atoms with Crippen molar-refractivity contribution in [2.45, 2.75) is 43.9 Å². The van der Waals surface area contributed by atoms with E-state index < -0.39 is 40.6 Å². The van der Waals surface area contributed by atoms with Gasteiger partial charge in [-0.2, -0.15) is 0 Å². The summed E-state index contributed by atoms with van der Waals surface area (Å²) in [5.74, 6) is -4.24. The molecule has 192 valence electrons. The molecule has 4 aliphatic carbocycles. The van der Waals surface area contributed by atoms with Gasteiger partial charge in [0, 0.05) is 17.3 Å². The number of nitrogens with one attached hydrogen (secondary N) is 2. The van der Waals surface area contributed by atoms with Crippen molar-refractivity contribution in [1.82, 2.24) is 4.98 Å². The number of carbonyl (C=O) groups is 2. The van der Waals surface area contributed by atoms with Gasteiger partial charge in [0.05, 0.1) is 21.0 Å². The highest BCUT2D eigenvalue weighted by Crippen LogP contribution is 2.66. The Bertz CT molecular complexity index is 1390. The zero-order chi connectivity index (χ0) is 25.9. The summed E-state index contributed by atoms with van der Waals surface area (Å²) in [6.07, 6.45) is 7.18. The highest BCUT2D eigenvalue weighted by molar-refractivity contribution is 7.15. The molecule has 7 rings (SSSR count). The Morgan fingerprint density at radius 3 is 2.32 bits per heavy atom. The van der Waals surface area contributed by atoms with Crippen LogP contribution in [0.3, 0.4) is 0 Å². The van der Waals surface area contributed by atoms with Crippen molar-refractivity contribution in [3.05, 3.63) is 65.1 Å². The average Bonchev–Trinajstić information content (AvgIpc) is 3.35. The average molecular weight is 528 g/mol. The fraction of sp³-hybridized carbons (Fsp3) is 0.370. The topological polar surface area (TPSA) is 91.3 Å². The van der Waals surface area contributed by atoms with Crippen LogP contribution in [0.1, 0.15) is 43.5 Å². The number of halogens is 3. The Balaban J connectivity index is 1.16. The summed E-state index contributed by atoms with van der Waals surface area (Å²) in [6, 6.07) is 7.89. The van der Waals surface area contributed by atoms with Crippen LogP contribution in [0.5, 0.6) is 0 Å². The van der Waals surface area contributed by atoms with Crippen molar-refractivity contribution >= 4 is 34.7 Å². The Kier molecular flexibility index (Phi) is 5.56. The Morgan fingerprint density at radius 1 is 0.946 bits per heavy atom. The number of benzene rings is 2. The number of aliphatic carboxylic acids is 1. The molecule has 4 aliphatic rings. The van der Waals surface area contributed by atoms with Crippen molar-refractivity contribution in [3.63, 3.8) is 0 Å². The van der Waals surface area contributed by atoms with Crippen molar-refractivity contribution < 1.29 is 27.9 Å². The van der Waals surface area contributed by atoms with Crippen LogP contribution < -0.4 is 10.6 Å². The highest BCUT2D eigenvalue weighted by atomic mass is 32.1. The number of hydrogen-bond donors (Lipinski definition) is 3. The van der Waals surface area contributed by atoms with E-state index >= 15 is 0 Å². The number of carboxylic acid groups (broad SMARTS) is 1. The molecule has 2 amide bonds. The van der Waals surface area contributed by atoms with Crippen molar-refractivity contribution in [3.8, 4) is 10.4 Å². The summed E-state index contributed by atoms with van der Waals surface area (Å²) >= 11 is 1.60. The molecule has 0 spiro atoms. The maximum atomic E-state index is 13.8. The van der Waals surface area contributed by atoms with Gasteiger partial charge in [0.2, 0.25) is 0 Å².